The van der Waals surface area contributed by atoms with E-state index in [4.69, 9.17) is 0 Å². The van der Waals surface area contributed by atoms with Crippen molar-refractivity contribution < 1.29 is 4.79 Å². The molecule has 0 unspecified atom stereocenters. The second-order valence-corrected chi connectivity index (χ2v) is 1.88. The molecule has 1 aliphatic rings. The van der Waals surface area contributed by atoms with Gasteiger partial charge < -0.3 is 6.15 Å². The van der Waals surface area contributed by atoms with Gasteiger partial charge in [0.05, 0.1) is 0 Å². The molecule has 0 aromatic rings. The Hall–Kier alpha value is -0.370. The number of ketones is 1. The van der Waals surface area contributed by atoms with Crippen molar-refractivity contribution in [3.8, 4) is 0 Å². The van der Waals surface area contributed by atoms with Gasteiger partial charge in [-0.05, 0) is 19.8 Å². The van der Waals surface area contributed by atoms with Gasteiger partial charge in [-0.1, -0.05) is 0 Å². The van der Waals surface area contributed by atoms with Gasteiger partial charge in [0, 0.05) is 5.92 Å². The van der Waals surface area contributed by atoms with Gasteiger partial charge >= 0.3 is 0 Å². The molecule has 0 spiro atoms. The van der Waals surface area contributed by atoms with Gasteiger partial charge in [-0.2, -0.15) is 0 Å². The molecule has 42 valence electrons. The standard InChI is InChI=1S/C5H8O.H3N/c1-4(6)5-2-3-5;/h5H,2-3H2,1H3;1H3. The van der Waals surface area contributed by atoms with Crippen LogP contribution in [-0.2, 0) is 4.79 Å². The summed E-state index contributed by atoms with van der Waals surface area (Å²) in [6, 6.07) is 0. The van der Waals surface area contributed by atoms with Crippen LogP contribution in [0, 0.1) is 5.92 Å². The van der Waals surface area contributed by atoms with Crippen molar-refractivity contribution in [2.45, 2.75) is 19.8 Å². The highest BCUT2D eigenvalue weighted by Gasteiger charge is 2.25. The third-order valence-electron chi connectivity index (χ3n) is 1.15. The van der Waals surface area contributed by atoms with Gasteiger partial charge in [-0.3, -0.25) is 4.79 Å². The minimum Gasteiger partial charge on any atom is -0.344 e. The Morgan fingerprint density at radius 3 is 2.00 bits per heavy atom. The van der Waals surface area contributed by atoms with E-state index in [0.717, 1.165) is 12.8 Å². The second kappa shape index (κ2) is 2.07. The van der Waals surface area contributed by atoms with Crippen molar-refractivity contribution in [3.05, 3.63) is 0 Å². The van der Waals surface area contributed by atoms with Crippen LogP contribution in [0.25, 0.3) is 0 Å². The van der Waals surface area contributed by atoms with Gasteiger partial charge in [0.2, 0.25) is 0 Å². The average Bonchev–Trinajstić information content (AvgIpc) is 2.06. The highest BCUT2D eigenvalue weighted by atomic mass is 16.1. The Balaban J connectivity index is 0.000000360. The molecule has 1 saturated carbocycles. The molecule has 1 rings (SSSR count). The van der Waals surface area contributed by atoms with Crippen LogP contribution in [0.15, 0.2) is 0 Å². The lowest BCUT2D eigenvalue weighted by atomic mass is 10.3. The highest BCUT2D eigenvalue weighted by molar-refractivity contribution is 5.80. The van der Waals surface area contributed by atoms with Gasteiger partial charge in [0.25, 0.3) is 0 Å². The summed E-state index contributed by atoms with van der Waals surface area (Å²) in [5.41, 5.74) is 0. The van der Waals surface area contributed by atoms with Crippen molar-refractivity contribution >= 4 is 5.78 Å². The predicted molar refractivity (Wildman–Crippen MR) is 28.4 cm³/mol. The SMILES string of the molecule is CC(=O)C1CC1.N. The van der Waals surface area contributed by atoms with Crippen LogP contribution in [0.3, 0.4) is 0 Å². The molecule has 0 aliphatic heterocycles. The van der Waals surface area contributed by atoms with Crippen molar-refractivity contribution in [1.29, 1.82) is 0 Å². The van der Waals surface area contributed by atoms with Crippen LogP contribution in [0.2, 0.25) is 0 Å². The number of carbonyl (C=O) groups is 1. The van der Waals surface area contributed by atoms with E-state index in [2.05, 4.69) is 0 Å². The summed E-state index contributed by atoms with van der Waals surface area (Å²) in [4.78, 5) is 10.2. The quantitative estimate of drug-likeness (QED) is 0.538. The average molecular weight is 101 g/mol. The molecule has 1 fully saturated rings. The van der Waals surface area contributed by atoms with Gasteiger partial charge in [0.1, 0.15) is 5.78 Å². The van der Waals surface area contributed by atoms with Crippen molar-refractivity contribution in [3.63, 3.8) is 0 Å². The lowest BCUT2D eigenvalue weighted by Gasteiger charge is -1.75. The molecule has 0 aromatic heterocycles. The zero-order chi connectivity index (χ0) is 4.57. The number of hydrogen-bond donors (Lipinski definition) is 1. The Morgan fingerprint density at radius 1 is 1.57 bits per heavy atom. The molecule has 0 radical (unpaired) electrons. The molecular weight excluding hydrogens is 90.1 g/mol. The first-order valence-electron chi connectivity index (χ1n) is 2.31. The number of rotatable bonds is 1. The summed E-state index contributed by atoms with van der Waals surface area (Å²) in [6.45, 7) is 1.66. The fourth-order valence-corrected chi connectivity index (χ4v) is 0.490. The van der Waals surface area contributed by atoms with E-state index in [0.29, 0.717) is 11.7 Å². The molecule has 0 amide bonds. The first kappa shape index (κ1) is 6.63. The van der Waals surface area contributed by atoms with E-state index in [-0.39, 0.29) is 6.15 Å². The van der Waals surface area contributed by atoms with Crippen molar-refractivity contribution in [1.82, 2.24) is 6.15 Å². The summed E-state index contributed by atoms with van der Waals surface area (Å²) in [7, 11) is 0. The Bertz CT molecular complexity index is 76.1. The number of Topliss-reactive ketones (excluding diaryl/α,β-unsaturated/α-hetero) is 1. The smallest absolute Gasteiger partial charge is 0.132 e. The fraction of sp³-hybridized carbons (Fsp3) is 0.800. The topological polar surface area (TPSA) is 52.1 Å². The highest BCUT2D eigenvalue weighted by Crippen LogP contribution is 2.29. The third-order valence-corrected chi connectivity index (χ3v) is 1.15. The van der Waals surface area contributed by atoms with E-state index < -0.39 is 0 Å². The zero-order valence-corrected chi connectivity index (χ0v) is 4.61. The molecule has 0 bridgehead atoms. The molecule has 0 heterocycles. The van der Waals surface area contributed by atoms with Gasteiger partial charge in [-0.25, -0.2) is 0 Å². The molecular formula is C5H11NO. The third kappa shape index (κ3) is 1.69. The Kier molecular flexibility index (Phi) is 1.96. The number of hydrogen-bond acceptors (Lipinski definition) is 2. The Morgan fingerprint density at radius 2 is 2.00 bits per heavy atom. The summed E-state index contributed by atoms with van der Waals surface area (Å²) in [5.74, 6) is 0.833. The minimum atomic E-state index is 0. The Labute approximate surface area is 43.5 Å². The lowest BCUT2D eigenvalue weighted by Crippen LogP contribution is -1.88. The van der Waals surface area contributed by atoms with Crippen LogP contribution >= 0.6 is 0 Å². The largest absolute Gasteiger partial charge is 0.344 e. The second-order valence-electron chi connectivity index (χ2n) is 1.88. The molecule has 2 nitrogen and oxygen atoms in total. The van der Waals surface area contributed by atoms with Crippen LogP contribution in [0.1, 0.15) is 19.8 Å². The van der Waals surface area contributed by atoms with E-state index in [9.17, 15) is 4.79 Å². The molecule has 0 atom stereocenters. The summed E-state index contributed by atoms with van der Waals surface area (Å²) in [5, 5.41) is 0. The van der Waals surface area contributed by atoms with Crippen LogP contribution in [0.5, 0.6) is 0 Å². The first-order valence-corrected chi connectivity index (χ1v) is 2.31. The maximum Gasteiger partial charge on any atom is 0.132 e. The normalized spacial score (nSPS) is 17.9. The van der Waals surface area contributed by atoms with Gasteiger partial charge in [-0.15, -0.1) is 0 Å². The fourth-order valence-electron chi connectivity index (χ4n) is 0.490. The van der Waals surface area contributed by atoms with Crippen LogP contribution < -0.4 is 6.15 Å². The zero-order valence-electron chi connectivity index (χ0n) is 4.61. The first-order chi connectivity index (χ1) is 2.80. The molecule has 1 aliphatic carbocycles. The predicted octanol–water partition coefficient (Wildman–Crippen LogP) is 1.15. The summed E-state index contributed by atoms with van der Waals surface area (Å²) in [6.07, 6.45) is 2.30. The minimum absolute atomic E-state index is 0. The summed E-state index contributed by atoms with van der Waals surface area (Å²) >= 11 is 0. The molecule has 2 heteroatoms. The molecule has 7 heavy (non-hydrogen) atoms. The van der Waals surface area contributed by atoms with Crippen molar-refractivity contribution in [2.24, 2.45) is 5.92 Å². The van der Waals surface area contributed by atoms with E-state index in [1.54, 1.807) is 6.92 Å². The lowest BCUT2D eigenvalue weighted by molar-refractivity contribution is -0.118. The van der Waals surface area contributed by atoms with Crippen molar-refractivity contribution in [2.75, 3.05) is 0 Å². The molecule has 3 N–H and O–H groups in total. The number of carbonyl (C=O) groups excluding carboxylic acids is 1. The van der Waals surface area contributed by atoms with E-state index in [1.807, 2.05) is 0 Å². The van der Waals surface area contributed by atoms with Crippen LogP contribution in [0.4, 0.5) is 0 Å². The van der Waals surface area contributed by atoms with E-state index in [1.165, 1.54) is 0 Å². The van der Waals surface area contributed by atoms with E-state index >= 15 is 0 Å². The van der Waals surface area contributed by atoms with Crippen LogP contribution in [-0.4, -0.2) is 5.78 Å². The molecule has 0 saturated heterocycles. The summed E-state index contributed by atoms with van der Waals surface area (Å²) < 4.78 is 0. The molecule has 0 aromatic carbocycles. The van der Waals surface area contributed by atoms with Gasteiger partial charge in [0.15, 0.2) is 0 Å². The maximum absolute atomic E-state index is 10.2. The maximum atomic E-state index is 10.2. The monoisotopic (exact) mass is 101 g/mol.